The van der Waals surface area contributed by atoms with Crippen LogP contribution in [-0.2, 0) is 12.2 Å². The van der Waals surface area contributed by atoms with Gasteiger partial charge in [0, 0.05) is 10.6 Å². The third-order valence-electron chi connectivity index (χ3n) is 2.92. The van der Waals surface area contributed by atoms with E-state index < -0.39 is 5.97 Å². The lowest BCUT2D eigenvalue weighted by Crippen LogP contribution is -1.95. The van der Waals surface area contributed by atoms with Crippen LogP contribution in [0.3, 0.4) is 0 Å². The maximum absolute atomic E-state index is 10.9. The van der Waals surface area contributed by atoms with E-state index in [0.717, 1.165) is 17.1 Å². The lowest BCUT2D eigenvalue weighted by Gasteiger charge is -2.04. The summed E-state index contributed by atoms with van der Waals surface area (Å²) in [6.07, 6.45) is 1.05. The molecule has 0 spiro atoms. The van der Waals surface area contributed by atoms with Gasteiger partial charge in [-0.2, -0.15) is 0 Å². The van der Waals surface area contributed by atoms with Gasteiger partial charge in [-0.15, -0.1) is 11.8 Å². The van der Waals surface area contributed by atoms with Gasteiger partial charge < -0.3 is 5.11 Å². The molecule has 0 fully saturated rings. The molecular weight excluding hydrogens is 256 g/mol. The number of thioether (sulfide) groups is 1. The first kappa shape index (κ1) is 13.7. The van der Waals surface area contributed by atoms with E-state index in [0.29, 0.717) is 5.56 Å². The molecule has 98 valence electrons. The molecular formula is C16H16O2S. The highest BCUT2D eigenvalue weighted by Crippen LogP contribution is 2.23. The number of rotatable bonds is 5. The average Bonchev–Trinajstić information content (AvgIpc) is 2.46. The highest BCUT2D eigenvalue weighted by Gasteiger charge is 2.03. The maximum Gasteiger partial charge on any atom is 0.335 e. The molecule has 0 bridgehead atoms. The first-order valence-corrected chi connectivity index (χ1v) is 7.21. The van der Waals surface area contributed by atoms with E-state index in [-0.39, 0.29) is 0 Å². The fourth-order valence-corrected chi connectivity index (χ4v) is 2.67. The Morgan fingerprint density at radius 2 is 1.79 bits per heavy atom. The fraction of sp³-hybridized carbons (Fsp3) is 0.188. The Morgan fingerprint density at radius 1 is 1.11 bits per heavy atom. The van der Waals surface area contributed by atoms with Gasteiger partial charge in [-0.1, -0.05) is 37.3 Å². The van der Waals surface area contributed by atoms with E-state index >= 15 is 0 Å². The zero-order chi connectivity index (χ0) is 13.7. The highest BCUT2D eigenvalue weighted by molar-refractivity contribution is 7.98. The Labute approximate surface area is 117 Å². The lowest BCUT2D eigenvalue weighted by molar-refractivity contribution is 0.0696. The summed E-state index contributed by atoms with van der Waals surface area (Å²) in [6, 6.07) is 15.6. The second-order valence-corrected chi connectivity index (χ2v) is 5.34. The van der Waals surface area contributed by atoms with Gasteiger partial charge in [0.25, 0.3) is 0 Å². The molecule has 2 aromatic carbocycles. The van der Waals surface area contributed by atoms with Crippen LogP contribution in [0.5, 0.6) is 0 Å². The van der Waals surface area contributed by atoms with E-state index in [1.54, 1.807) is 30.0 Å². The Morgan fingerprint density at radius 3 is 2.42 bits per heavy atom. The van der Waals surface area contributed by atoms with Crippen molar-refractivity contribution in [3.63, 3.8) is 0 Å². The summed E-state index contributed by atoms with van der Waals surface area (Å²) < 4.78 is 0. The molecule has 0 aliphatic heterocycles. The molecule has 2 rings (SSSR count). The van der Waals surface area contributed by atoms with E-state index in [1.807, 2.05) is 6.07 Å². The van der Waals surface area contributed by atoms with E-state index in [1.165, 1.54) is 11.1 Å². The zero-order valence-corrected chi connectivity index (χ0v) is 11.6. The molecule has 0 aliphatic carbocycles. The number of carboxylic acid groups (broad SMARTS) is 1. The largest absolute Gasteiger partial charge is 0.478 e. The van der Waals surface area contributed by atoms with Crippen molar-refractivity contribution in [1.29, 1.82) is 0 Å². The molecule has 2 aromatic rings. The molecule has 0 aliphatic rings. The average molecular weight is 272 g/mol. The van der Waals surface area contributed by atoms with Crippen molar-refractivity contribution in [1.82, 2.24) is 0 Å². The van der Waals surface area contributed by atoms with Crippen LogP contribution in [0, 0.1) is 0 Å². The minimum atomic E-state index is -0.880. The predicted octanol–water partition coefficient (Wildman–Crippen LogP) is 4.24. The molecule has 0 heterocycles. The van der Waals surface area contributed by atoms with Crippen molar-refractivity contribution in [3.05, 3.63) is 65.2 Å². The van der Waals surface area contributed by atoms with Gasteiger partial charge in [0.05, 0.1) is 5.56 Å². The Bertz CT molecular complexity index is 561. The third kappa shape index (κ3) is 3.86. The van der Waals surface area contributed by atoms with Crippen LogP contribution in [0.2, 0.25) is 0 Å². The van der Waals surface area contributed by atoms with E-state index in [2.05, 4.69) is 31.2 Å². The monoisotopic (exact) mass is 272 g/mol. The lowest BCUT2D eigenvalue weighted by atomic mass is 10.1. The minimum absolute atomic E-state index is 0.339. The second kappa shape index (κ2) is 6.43. The summed E-state index contributed by atoms with van der Waals surface area (Å²) in [6.45, 7) is 2.14. The Hall–Kier alpha value is -1.74. The second-order valence-electron chi connectivity index (χ2n) is 4.29. The number of hydrogen-bond acceptors (Lipinski definition) is 2. The molecule has 0 aromatic heterocycles. The van der Waals surface area contributed by atoms with Gasteiger partial charge in [0.2, 0.25) is 0 Å². The number of carboxylic acids is 1. The molecule has 3 heteroatoms. The molecule has 2 nitrogen and oxygen atoms in total. The zero-order valence-electron chi connectivity index (χ0n) is 10.8. The molecule has 0 radical (unpaired) electrons. The van der Waals surface area contributed by atoms with Gasteiger partial charge >= 0.3 is 5.97 Å². The van der Waals surface area contributed by atoms with Gasteiger partial charge in [-0.3, -0.25) is 0 Å². The summed E-state index contributed by atoms with van der Waals surface area (Å²) in [4.78, 5) is 11.9. The first-order valence-electron chi connectivity index (χ1n) is 6.23. The van der Waals surface area contributed by atoms with Gasteiger partial charge in [-0.05, 0) is 35.7 Å². The van der Waals surface area contributed by atoms with Crippen LogP contribution >= 0.6 is 11.8 Å². The van der Waals surface area contributed by atoms with Crippen LogP contribution in [-0.4, -0.2) is 11.1 Å². The van der Waals surface area contributed by atoms with Crippen LogP contribution in [0.4, 0.5) is 0 Å². The maximum atomic E-state index is 10.9. The molecule has 0 atom stereocenters. The SMILES string of the molecule is CCc1ccc(CSc2cccc(C(=O)O)c2)cc1. The van der Waals surface area contributed by atoms with Crippen molar-refractivity contribution >= 4 is 17.7 Å². The number of hydrogen-bond donors (Lipinski definition) is 1. The molecule has 19 heavy (non-hydrogen) atoms. The number of aromatic carboxylic acids is 1. The highest BCUT2D eigenvalue weighted by atomic mass is 32.2. The first-order chi connectivity index (χ1) is 9.19. The van der Waals surface area contributed by atoms with E-state index in [4.69, 9.17) is 5.11 Å². The number of aryl methyl sites for hydroxylation is 1. The third-order valence-corrected chi connectivity index (χ3v) is 3.98. The van der Waals surface area contributed by atoms with E-state index in [9.17, 15) is 4.79 Å². The molecule has 0 amide bonds. The molecule has 0 unspecified atom stereocenters. The van der Waals surface area contributed by atoms with Gasteiger partial charge in [-0.25, -0.2) is 4.79 Å². The summed E-state index contributed by atoms with van der Waals surface area (Å²) in [5.41, 5.74) is 2.93. The van der Waals surface area contributed by atoms with Crippen molar-refractivity contribution in [2.24, 2.45) is 0 Å². The van der Waals surface area contributed by atoms with Crippen LogP contribution in [0.1, 0.15) is 28.4 Å². The summed E-state index contributed by atoms with van der Waals surface area (Å²) in [5, 5.41) is 8.94. The smallest absolute Gasteiger partial charge is 0.335 e. The van der Waals surface area contributed by atoms with Crippen molar-refractivity contribution in [2.45, 2.75) is 24.0 Å². The predicted molar refractivity (Wildman–Crippen MR) is 78.8 cm³/mol. The molecule has 0 saturated heterocycles. The summed E-state index contributed by atoms with van der Waals surface area (Å²) >= 11 is 1.66. The van der Waals surface area contributed by atoms with Crippen molar-refractivity contribution in [3.8, 4) is 0 Å². The van der Waals surface area contributed by atoms with Gasteiger partial charge in [0.1, 0.15) is 0 Å². The van der Waals surface area contributed by atoms with Crippen LogP contribution in [0.15, 0.2) is 53.4 Å². The summed E-state index contributed by atoms with van der Waals surface area (Å²) in [5.74, 6) is -0.0256. The molecule has 0 saturated carbocycles. The quantitative estimate of drug-likeness (QED) is 0.827. The normalized spacial score (nSPS) is 10.4. The Kier molecular flexibility index (Phi) is 4.63. The fourth-order valence-electron chi connectivity index (χ4n) is 1.76. The minimum Gasteiger partial charge on any atom is -0.478 e. The molecule has 1 N–H and O–H groups in total. The standard InChI is InChI=1S/C16H16O2S/c1-2-12-6-8-13(9-7-12)11-19-15-5-3-4-14(10-15)16(17)18/h3-10H,2,11H2,1H3,(H,17,18). The van der Waals surface area contributed by atoms with Gasteiger partial charge in [0.15, 0.2) is 0 Å². The van der Waals surface area contributed by atoms with Crippen LogP contribution < -0.4 is 0 Å². The van der Waals surface area contributed by atoms with Crippen molar-refractivity contribution < 1.29 is 9.90 Å². The van der Waals surface area contributed by atoms with Crippen molar-refractivity contribution in [2.75, 3.05) is 0 Å². The topological polar surface area (TPSA) is 37.3 Å². The number of carbonyl (C=O) groups is 1. The number of benzene rings is 2. The van der Waals surface area contributed by atoms with Crippen LogP contribution in [0.25, 0.3) is 0 Å². The Balaban J connectivity index is 2.01. The summed E-state index contributed by atoms with van der Waals surface area (Å²) in [7, 11) is 0.